The fourth-order valence-corrected chi connectivity index (χ4v) is 13.4. The number of fused-ring (bicyclic) bond motifs is 2. The molecule has 4 aliphatic rings. The molecule has 16 heteroatoms. The third-order valence-corrected chi connectivity index (χ3v) is 18.2. The molecule has 4 amide bonds. The van der Waals surface area contributed by atoms with Crippen LogP contribution >= 0.6 is 7.60 Å². The van der Waals surface area contributed by atoms with Gasteiger partial charge in [-0.1, -0.05) is 91.1 Å². The Hall–Kier alpha value is -3.33. The highest BCUT2D eigenvalue weighted by Gasteiger charge is 2.49. The summed E-state index contributed by atoms with van der Waals surface area (Å²) in [7, 11) is 2.60. The van der Waals surface area contributed by atoms with Gasteiger partial charge in [0.05, 0.1) is 49.0 Å². The Morgan fingerprint density at radius 2 is 1.62 bits per heavy atom. The van der Waals surface area contributed by atoms with Crippen molar-refractivity contribution in [1.29, 1.82) is 0 Å². The van der Waals surface area contributed by atoms with Crippen molar-refractivity contribution in [3.05, 3.63) is 35.9 Å². The van der Waals surface area contributed by atoms with Crippen molar-refractivity contribution < 1.29 is 52.2 Å². The SMILES string of the molecule is CC[C@H](C)[C@@H]([C@@H](CC(=O)N1CCC[C@H]1[C@H](OC)[C@@H](C)C(=O)C[C@@H](Cc1ccccc1)P(=O)(O)OCCCCCCN1C(=O)CC(C)C1=O)OC)N(C)C(=O)[C@@H](CC(=O)[C@@H]1[C@H]2CC[C@H](C2)N1C)C(C)C. The van der Waals surface area contributed by atoms with Crippen LogP contribution in [0.15, 0.2) is 30.3 Å². The average molecular weight is 985 g/mol. The van der Waals surface area contributed by atoms with Crippen LogP contribution < -0.4 is 0 Å². The van der Waals surface area contributed by atoms with Crippen LogP contribution in [0.4, 0.5) is 0 Å². The fourth-order valence-electron chi connectivity index (χ4n) is 12.0. The van der Waals surface area contributed by atoms with Gasteiger partial charge in [0.15, 0.2) is 5.78 Å². The van der Waals surface area contributed by atoms with E-state index in [1.54, 1.807) is 37.8 Å². The summed E-state index contributed by atoms with van der Waals surface area (Å²) in [5.74, 6) is -1.95. The Morgan fingerprint density at radius 3 is 2.22 bits per heavy atom. The summed E-state index contributed by atoms with van der Waals surface area (Å²) >= 11 is 0. The minimum absolute atomic E-state index is 0.000848. The number of imide groups is 1. The molecule has 0 spiro atoms. The standard InChI is InChI=1S/C53H85N4O11P/c1-11-35(4)49(55(8)53(63)42(34(2)3)32-45(59)50-39-23-24-40(30-39)54(50)7)46(66-9)33-48(61)56-26-19-22-43(56)51(67-10)37(6)44(58)31-41(29-38-20-15-14-16-21-38)69(64,65)68-27-18-13-12-17-25-57-47(60)28-36(5)52(57)62/h14-16,20-21,34-37,39-43,46,49-51H,11-13,17-19,22-33H2,1-10H3,(H,64,65)/t35-,36?,37-,39-,40+,41+,42-,43-,46+,49-,50-,51+/m0/s1. The number of benzene rings is 1. The first-order valence-electron chi connectivity index (χ1n) is 26.0. The Kier molecular flexibility index (Phi) is 21.2. The number of likely N-dealkylation sites (N-methyl/N-ethyl adjacent to an activating group) is 2. The van der Waals surface area contributed by atoms with Crippen molar-refractivity contribution >= 4 is 42.8 Å². The van der Waals surface area contributed by atoms with Gasteiger partial charge < -0.3 is 28.7 Å². The monoisotopic (exact) mass is 985 g/mol. The summed E-state index contributed by atoms with van der Waals surface area (Å²) in [4.78, 5) is 100. The maximum Gasteiger partial charge on any atom is 0.331 e. The molecule has 0 radical (unpaired) electrons. The van der Waals surface area contributed by atoms with Crippen LogP contribution in [0.2, 0.25) is 0 Å². The molecule has 4 fully saturated rings. The molecule has 15 nitrogen and oxygen atoms in total. The second-order valence-corrected chi connectivity index (χ2v) is 23.4. The number of ketones is 2. The molecule has 3 heterocycles. The molecule has 1 aromatic rings. The van der Waals surface area contributed by atoms with E-state index in [0.29, 0.717) is 57.2 Å². The number of carbonyl (C=O) groups excluding carboxylic acids is 6. The molecular formula is C53H85N4O11P. The molecule has 3 aliphatic heterocycles. The Bertz CT molecular complexity index is 1950. The predicted octanol–water partition coefficient (Wildman–Crippen LogP) is 7.35. The molecule has 1 N–H and O–H groups in total. The lowest BCUT2D eigenvalue weighted by Crippen LogP contribution is -2.54. The van der Waals surface area contributed by atoms with Gasteiger partial charge in [-0.3, -0.25) is 43.1 Å². The molecule has 13 atom stereocenters. The van der Waals surface area contributed by atoms with E-state index in [4.69, 9.17) is 14.0 Å². The van der Waals surface area contributed by atoms with Gasteiger partial charge in [-0.2, -0.15) is 0 Å². The predicted molar refractivity (Wildman–Crippen MR) is 265 cm³/mol. The van der Waals surface area contributed by atoms with E-state index >= 15 is 0 Å². The van der Waals surface area contributed by atoms with Crippen molar-refractivity contribution in [1.82, 2.24) is 19.6 Å². The molecule has 1 aromatic carbocycles. The van der Waals surface area contributed by atoms with E-state index in [1.165, 1.54) is 12.0 Å². The number of unbranched alkanes of at least 4 members (excludes halogenated alkanes) is 3. The quantitative estimate of drug-likeness (QED) is 0.0480. The van der Waals surface area contributed by atoms with Crippen LogP contribution in [-0.2, 0) is 53.8 Å². The van der Waals surface area contributed by atoms with Crippen molar-refractivity contribution in [2.24, 2.45) is 35.5 Å². The first-order valence-corrected chi connectivity index (χ1v) is 27.6. The number of amides is 4. The third kappa shape index (κ3) is 14.0. The van der Waals surface area contributed by atoms with Gasteiger partial charge in [0.2, 0.25) is 23.6 Å². The molecule has 3 saturated heterocycles. The highest BCUT2D eigenvalue weighted by atomic mass is 31.2. The lowest BCUT2D eigenvalue weighted by atomic mass is 9.83. The average Bonchev–Trinajstić information content (AvgIpc) is 4.12. The van der Waals surface area contributed by atoms with Crippen LogP contribution in [0.1, 0.15) is 137 Å². The molecule has 2 unspecified atom stereocenters. The maximum absolute atomic E-state index is 14.5. The summed E-state index contributed by atoms with van der Waals surface area (Å²) in [6, 6.07) is 8.67. The first-order chi connectivity index (χ1) is 32.8. The normalized spacial score (nSPS) is 25.7. The van der Waals surface area contributed by atoms with Gasteiger partial charge in [-0.05, 0) is 81.7 Å². The fraction of sp³-hybridized carbons (Fsp3) is 0.774. The van der Waals surface area contributed by atoms with E-state index in [1.807, 2.05) is 51.2 Å². The Labute approximate surface area is 412 Å². The smallest absolute Gasteiger partial charge is 0.331 e. The maximum atomic E-state index is 14.5. The Balaban J connectivity index is 1.21. The van der Waals surface area contributed by atoms with E-state index in [2.05, 4.69) is 18.7 Å². The summed E-state index contributed by atoms with van der Waals surface area (Å²) in [6.07, 6.45) is 6.80. The number of nitrogens with zero attached hydrogens (tertiary/aromatic N) is 4. The molecule has 1 saturated carbocycles. The van der Waals surface area contributed by atoms with Crippen molar-refractivity contribution in [3.8, 4) is 0 Å². The number of carbonyl (C=O) groups is 6. The van der Waals surface area contributed by atoms with Crippen LogP contribution in [-0.4, -0.2) is 150 Å². The van der Waals surface area contributed by atoms with Gasteiger partial charge in [0.25, 0.3) is 0 Å². The summed E-state index contributed by atoms with van der Waals surface area (Å²) < 4.78 is 31.9. The molecule has 0 aromatic heterocycles. The van der Waals surface area contributed by atoms with Crippen LogP contribution in [0.5, 0.6) is 0 Å². The number of Topliss-reactive ketones (excluding diaryl/α,β-unsaturated/α-hetero) is 2. The van der Waals surface area contributed by atoms with Crippen LogP contribution in [0.25, 0.3) is 0 Å². The van der Waals surface area contributed by atoms with E-state index in [-0.39, 0.29) is 97.7 Å². The Morgan fingerprint density at radius 1 is 0.928 bits per heavy atom. The topological polar surface area (TPSA) is 180 Å². The summed E-state index contributed by atoms with van der Waals surface area (Å²) in [6.45, 7) is 12.5. The van der Waals surface area contributed by atoms with Gasteiger partial charge in [-0.15, -0.1) is 0 Å². The second-order valence-electron chi connectivity index (χ2n) is 21.3. The zero-order valence-electron chi connectivity index (χ0n) is 43.4. The summed E-state index contributed by atoms with van der Waals surface area (Å²) in [5, 5.41) is 0. The van der Waals surface area contributed by atoms with E-state index in [0.717, 1.165) is 37.7 Å². The number of hydrogen-bond donors (Lipinski definition) is 1. The molecule has 388 valence electrons. The number of likely N-dealkylation sites (tertiary alicyclic amines) is 3. The molecule has 5 rings (SSSR count). The lowest BCUT2D eigenvalue weighted by Gasteiger charge is -2.41. The number of rotatable bonds is 29. The largest absolute Gasteiger partial charge is 0.379 e. The molecule has 69 heavy (non-hydrogen) atoms. The zero-order chi connectivity index (χ0) is 50.7. The minimum Gasteiger partial charge on any atom is -0.379 e. The van der Waals surface area contributed by atoms with Gasteiger partial charge >= 0.3 is 7.60 Å². The zero-order valence-corrected chi connectivity index (χ0v) is 44.3. The van der Waals surface area contributed by atoms with Crippen LogP contribution in [0.3, 0.4) is 0 Å². The van der Waals surface area contributed by atoms with Crippen molar-refractivity contribution in [2.75, 3.05) is 48.0 Å². The number of hydrogen-bond acceptors (Lipinski definition) is 11. The summed E-state index contributed by atoms with van der Waals surface area (Å²) in [5.41, 5.74) is -0.223. The minimum atomic E-state index is -4.32. The van der Waals surface area contributed by atoms with Crippen molar-refractivity contribution in [3.63, 3.8) is 0 Å². The molecule has 1 aliphatic carbocycles. The van der Waals surface area contributed by atoms with E-state index < -0.39 is 49.4 Å². The van der Waals surface area contributed by atoms with Gasteiger partial charge in [0.1, 0.15) is 5.78 Å². The highest BCUT2D eigenvalue weighted by Crippen LogP contribution is 2.51. The first kappa shape index (κ1) is 56.6. The number of piperidine rings is 1. The van der Waals surface area contributed by atoms with Crippen LogP contribution in [0, 0.1) is 35.5 Å². The molecule has 2 bridgehead atoms. The molecular weight excluding hydrogens is 900 g/mol. The van der Waals surface area contributed by atoms with Gasteiger partial charge in [-0.25, -0.2) is 0 Å². The third-order valence-electron chi connectivity index (χ3n) is 16.4. The second kappa shape index (κ2) is 25.9. The van der Waals surface area contributed by atoms with Gasteiger partial charge in [0, 0.05) is 77.4 Å². The van der Waals surface area contributed by atoms with Crippen molar-refractivity contribution in [2.45, 2.75) is 180 Å². The van der Waals surface area contributed by atoms with E-state index in [9.17, 15) is 38.2 Å². The number of methoxy groups -OCH3 is 2. The lowest BCUT2D eigenvalue weighted by molar-refractivity contribution is -0.149. The highest BCUT2D eigenvalue weighted by molar-refractivity contribution is 7.53. The number of ether oxygens (including phenoxy) is 2.